The summed E-state index contributed by atoms with van der Waals surface area (Å²) in [6.07, 6.45) is 1.59. The highest BCUT2D eigenvalue weighted by molar-refractivity contribution is 7.10. The van der Waals surface area contributed by atoms with Gasteiger partial charge in [-0.05, 0) is 18.2 Å². The summed E-state index contributed by atoms with van der Waals surface area (Å²) in [5.41, 5.74) is 6.60. The Labute approximate surface area is 114 Å². The molecular formula is C13H12N4OS. The van der Waals surface area contributed by atoms with Crippen molar-refractivity contribution in [2.24, 2.45) is 5.73 Å². The van der Waals surface area contributed by atoms with Gasteiger partial charge >= 0.3 is 0 Å². The molecule has 6 heteroatoms. The minimum Gasteiger partial charge on any atom is -0.346 e. The first-order chi connectivity index (χ1) is 9.29. The molecule has 0 aromatic carbocycles. The molecule has 0 bridgehead atoms. The lowest BCUT2D eigenvalue weighted by Crippen LogP contribution is -2.22. The van der Waals surface area contributed by atoms with E-state index in [4.69, 9.17) is 5.73 Å². The number of carbonyl (C=O) groups is 1. The van der Waals surface area contributed by atoms with E-state index in [9.17, 15) is 4.79 Å². The van der Waals surface area contributed by atoms with Gasteiger partial charge in [-0.1, -0.05) is 11.8 Å². The molecule has 0 fully saturated rings. The van der Waals surface area contributed by atoms with E-state index < -0.39 is 0 Å². The Morgan fingerprint density at radius 1 is 1.53 bits per heavy atom. The van der Waals surface area contributed by atoms with Crippen LogP contribution in [0.5, 0.6) is 0 Å². The summed E-state index contributed by atoms with van der Waals surface area (Å²) in [6.45, 7) is 0.665. The molecule has 0 aliphatic heterocycles. The van der Waals surface area contributed by atoms with Crippen molar-refractivity contribution >= 4 is 17.2 Å². The molecule has 1 amide bonds. The van der Waals surface area contributed by atoms with Crippen LogP contribution in [0.2, 0.25) is 0 Å². The quantitative estimate of drug-likeness (QED) is 0.809. The molecule has 19 heavy (non-hydrogen) atoms. The smallest absolute Gasteiger partial charge is 0.252 e. The van der Waals surface area contributed by atoms with Crippen LogP contribution in [0, 0.1) is 11.8 Å². The Kier molecular flexibility index (Phi) is 4.61. The third-order valence-electron chi connectivity index (χ3n) is 2.23. The highest BCUT2D eigenvalue weighted by Gasteiger charge is 2.07. The van der Waals surface area contributed by atoms with Crippen molar-refractivity contribution in [3.8, 4) is 11.8 Å². The summed E-state index contributed by atoms with van der Waals surface area (Å²) in [7, 11) is 0. The van der Waals surface area contributed by atoms with Crippen LogP contribution < -0.4 is 11.1 Å². The zero-order valence-electron chi connectivity index (χ0n) is 10.1. The van der Waals surface area contributed by atoms with Crippen molar-refractivity contribution in [3.63, 3.8) is 0 Å². The molecule has 2 aromatic rings. The average molecular weight is 272 g/mol. The number of hydrogen-bond donors (Lipinski definition) is 2. The van der Waals surface area contributed by atoms with E-state index in [1.807, 2.05) is 0 Å². The topological polar surface area (TPSA) is 80.9 Å². The van der Waals surface area contributed by atoms with Crippen LogP contribution in [0.15, 0.2) is 29.8 Å². The number of thiophene rings is 1. The molecule has 3 N–H and O–H groups in total. The van der Waals surface area contributed by atoms with E-state index in [2.05, 4.69) is 27.4 Å². The van der Waals surface area contributed by atoms with Gasteiger partial charge in [-0.3, -0.25) is 4.79 Å². The lowest BCUT2D eigenvalue weighted by atomic mass is 10.3. The highest BCUT2D eigenvalue weighted by Crippen LogP contribution is 2.13. The van der Waals surface area contributed by atoms with E-state index in [0.29, 0.717) is 24.3 Å². The zero-order chi connectivity index (χ0) is 13.5. The zero-order valence-corrected chi connectivity index (χ0v) is 10.9. The van der Waals surface area contributed by atoms with Crippen molar-refractivity contribution in [1.82, 2.24) is 15.5 Å². The molecular weight excluding hydrogens is 260 g/mol. The van der Waals surface area contributed by atoms with Gasteiger partial charge in [0.15, 0.2) is 0 Å². The second-order valence-electron chi connectivity index (χ2n) is 3.60. The summed E-state index contributed by atoms with van der Waals surface area (Å²) in [5.74, 6) is 5.50. The largest absolute Gasteiger partial charge is 0.346 e. The number of nitrogens with one attached hydrogen (secondary N) is 1. The molecule has 0 saturated carbocycles. The van der Waals surface area contributed by atoms with Gasteiger partial charge in [0.05, 0.1) is 29.2 Å². The molecule has 2 aromatic heterocycles. The summed E-state index contributed by atoms with van der Waals surface area (Å²) in [5, 5.41) is 12.2. The fraction of sp³-hybridized carbons (Fsp3) is 0.154. The summed E-state index contributed by atoms with van der Waals surface area (Å²) in [6, 6.07) is 5.33. The molecule has 0 unspecified atom stereocenters. The van der Waals surface area contributed by atoms with E-state index in [1.54, 1.807) is 29.8 Å². The normalized spacial score (nSPS) is 9.53. The SMILES string of the molecule is NCC#Cc1cc(C(=O)NCc2cccnn2)cs1. The van der Waals surface area contributed by atoms with Crippen molar-refractivity contribution in [3.05, 3.63) is 45.9 Å². The summed E-state index contributed by atoms with van der Waals surface area (Å²) >= 11 is 1.42. The standard InChI is InChI=1S/C13H12N4OS/c14-5-1-4-12-7-10(9-19-12)13(18)15-8-11-3-2-6-16-17-11/h2-3,6-7,9H,5,8,14H2,(H,15,18). The Morgan fingerprint density at radius 3 is 3.16 bits per heavy atom. The maximum absolute atomic E-state index is 11.9. The van der Waals surface area contributed by atoms with Gasteiger partial charge in [0.25, 0.3) is 5.91 Å². The number of hydrogen-bond acceptors (Lipinski definition) is 5. The number of nitrogens with two attached hydrogens (primary N) is 1. The van der Waals surface area contributed by atoms with Crippen LogP contribution in [-0.2, 0) is 6.54 Å². The van der Waals surface area contributed by atoms with E-state index in [1.165, 1.54) is 11.3 Å². The Morgan fingerprint density at radius 2 is 2.42 bits per heavy atom. The van der Waals surface area contributed by atoms with Crippen LogP contribution in [0.25, 0.3) is 0 Å². The fourth-order valence-corrected chi connectivity index (χ4v) is 2.11. The lowest BCUT2D eigenvalue weighted by molar-refractivity contribution is 0.0951. The maximum Gasteiger partial charge on any atom is 0.252 e. The second-order valence-corrected chi connectivity index (χ2v) is 4.51. The molecule has 0 aliphatic rings. The minimum absolute atomic E-state index is 0.150. The van der Waals surface area contributed by atoms with E-state index in [0.717, 1.165) is 4.88 Å². The first-order valence-corrected chi connectivity index (χ1v) is 6.50. The minimum atomic E-state index is -0.150. The van der Waals surface area contributed by atoms with Crippen molar-refractivity contribution in [1.29, 1.82) is 0 Å². The van der Waals surface area contributed by atoms with Gasteiger partial charge in [0, 0.05) is 11.6 Å². The first kappa shape index (κ1) is 13.2. The molecule has 96 valence electrons. The van der Waals surface area contributed by atoms with Gasteiger partial charge in [-0.25, -0.2) is 0 Å². The number of amides is 1. The highest BCUT2D eigenvalue weighted by atomic mass is 32.1. The molecule has 0 aliphatic carbocycles. The molecule has 5 nitrogen and oxygen atoms in total. The molecule has 0 spiro atoms. The first-order valence-electron chi connectivity index (χ1n) is 5.62. The fourth-order valence-electron chi connectivity index (χ4n) is 1.36. The maximum atomic E-state index is 11.9. The van der Waals surface area contributed by atoms with Crippen LogP contribution in [-0.4, -0.2) is 22.6 Å². The lowest BCUT2D eigenvalue weighted by Gasteiger charge is -2.01. The van der Waals surface area contributed by atoms with Crippen molar-refractivity contribution < 1.29 is 4.79 Å². The van der Waals surface area contributed by atoms with Crippen LogP contribution in [0.1, 0.15) is 20.9 Å². The molecule has 2 heterocycles. The second kappa shape index (κ2) is 6.64. The summed E-state index contributed by atoms with van der Waals surface area (Å²) < 4.78 is 0. The monoisotopic (exact) mass is 272 g/mol. The van der Waals surface area contributed by atoms with E-state index in [-0.39, 0.29) is 5.91 Å². The Hall–Kier alpha value is -2.23. The predicted octanol–water partition coefficient (Wildman–Crippen LogP) is 0.778. The van der Waals surface area contributed by atoms with Gasteiger partial charge in [0.1, 0.15) is 0 Å². The summed E-state index contributed by atoms with van der Waals surface area (Å²) in [4.78, 5) is 12.7. The van der Waals surface area contributed by atoms with Crippen molar-refractivity contribution in [2.75, 3.05) is 6.54 Å². The number of aromatic nitrogens is 2. The molecule has 0 saturated heterocycles. The third-order valence-corrected chi connectivity index (χ3v) is 3.08. The Bertz CT molecular complexity index is 612. The van der Waals surface area contributed by atoms with Gasteiger partial charge in [-0.15, -0.1) is 11.3 Å². The third kappa shape index (κ3) is 3.88. The van der Waals surface area contributed by atoms with Gasteiger partial charge in [0.2, 0.25) is 0 Å². The van der Waals surface area contributed by atoms with Crippen LogP contribution in [0.3, 0.4) is 0 Å². The average Bonchev–Trinajstić information content (AvgIpc) is 2.92. The van der Waals surface area contributed by atoms with Crippen molar-refractivity contribution in [2.45, 2.75) is 6.54 Å². The number of nitrogens with zero attached hydrogens (tertiary/aromatic N) is 2. The van der Waals surface area contributed by atoms with Crippen LogP contribution >= 0.6 is 11.3 Å². The van der Waals surface area contributed by atoms with Gasteiger partial charge in [-0.2, -0.15) is 10.2 Å². The predicted molar refractivity (Wildman–Crippen MR) is 73.5 cm³/mol. The number of carbonyl (C=O) groups excluding carboxylic acids is 1. The van der Waals surface area contributed by atoms with E-state index >= 15 is 0 Å². The molecule has 2 rings (SSSR count). The number of rotatable bonds is 3. The molecule has 0 atom stereocenters. The molecule has 0 radical (unpaired) electrons. The Balaban J connectivity index is 1.95. The van der Waals surface area contributed by atoms with Gasteiger partial charge < -0.3 is 11.1 Å². The van der Waals surface area contributed by atoms with Crippen LogP contribution in [0.4, 0.5) is 0 Å².